The summed E-state index contributed by atoms with van der Waals surface area (Å²) in [6.45, 7) is 0.146. The molecule has 146 valence electrons. The lowest BCUT2D eigenvalue weighted by Crippen LogP contribution is -2.56. The Morgan fingerprint density at radius 1 is 1.25 bits per heavy atom. The topological polar surface area (TPSA) is 79.1 Å². The first-order valence-corrected chi connectivity index (χ1v) is 8.93. The first-order chi connectivity index (χ1) is 13.5. The van der Waals surface area contributed by atoms with Crippen LogP contribution in [0, 0.1) is 0 Å². The van der Waals surface area contributed by atoms with E-state index >= 15 is 0 Å². The van der Waals surface area contributed by atoms with Gasteiger partial charge in [0.1, 0.15) is 11.4 Å². The van der Waals surface area contributed by atoms with Gasteiger partial charge in [-0.3, -0.25) is 0 Å². The summed E-state index contributed by atoms with van der Waals surface area (Å²) >= 11 is 0. The fourth-order valence-electron chi connectivity index (χ4n) is 3.40. The monoisotopic (exact) mass is 386 g/mol. The fraction of sp³-hybridized carbons (Fsp3) is 0.316. The van der Waals surface area contributed by atoms with E-state index in [1.54, 1.807) is 19.2 Å². The number of phenolic OH excluding ortho intramolecular Hbond substituents is 1. The zero-order valence-corrected chi connectivity index (χ0v) is 15.3. The van der Waals surface area contributed by atoms with Crippen LogP contribution in [0.5, 0.6) is 5.75 Å². The van der Waals surface area contributed by atoms with E-state index in [-0.39, 0.29) is 24.7 Å². The number of phenols is 1. The molecule has 3 heterocycles. The highest BCUT2D eigenvalue weighted by molar-refractivity contribution is 5.68. The summed E-state index contributed by atoms with van der Waals surface area (Å²) in [5.41, 5.74) is 1.64. The highest BCUT2D eigenvalue weighted by Gasteiger charge is 2.44. The molecule has 3 aromatic rings. The van der Waals surface area contributed by atoms with E-state index < -0.39 is 12.0 Å². The van der Waals surface area contributed by atoms with Crippen LogP contribution in [0.2, 0.25) is 0 Å². The summed E-state index contributed by atoms with van der Waals surface area (Å²) < 4.78 is 30.1. The number of aromatic hydroxyl groups is 1. The number of nitrogens with zero attached hydrogens (tertiary/aromatic N) is 5. The lowest BCUT2D eigenvalue weighted by Gasteiger charge is -2.37. The van der Waals surface area contributed by atoms with Gasteiger partial charge in [-0.2, -0.15) is 0 Å². The van der Waals surface area contributed by atoms with Crippen molar-refractivity contribution < 1.29 is 13.9 Å². The number of piperidine rings is 1. The minimum Gasteiger partial charge on any atom is -0.507 e. The SMILES string of the molecule is CN(c1ncc(-c2ccc(-n3cccc3)cc2O)nn1)[C@@H]1CCNCC1(F)F. The molecular formula is C19H20F2N6O. The third-order valence-corrected chi connectivity index (χ3v) is 4.94. The minimum absolute atomic E-state index is 0.0355. The van der Waals surface area contributed by atoms with Crippen molar-refractivity contribution >= 4 is 5.95 Å². The van der Waals surface area contributed by atoms with Gasteiger partial charge in [-0.05, 0) is 37.2 Å². The quantitative estimate of drug-likeness (QED) is 0.717. The average Bonchev–Trinajstić information content (AvgIpc) is 3.22. The van der Waals surface area contributed by atoms with Gasteiger partial charge in [0, 0.05) is 36.8 Å². The van der Waals surface area contributed by atoms with Crippen LogP contribution in [-0.4, -0.2) is 57.0 Å². The van der Waals surface area contributed by atoms with Crippen molar-refractivity contribution in [3.63, 3.8) is 0 Å². The number of nitrogens with one attached hydrogen (secondary N) is 1. The van der Waals surface area contributed by atoms with E-state index in [0.29, 0.717) is 17.8 Å². The van der Waals surface area contributed by atoms with E-state index in [4.69, 9.17) is 0 Å². The van der Waals surface area contributed by atoms with Gasteiger partial charge in [-0.1, -0.05) is 0 Å². The summed E-state index contributed by atoms with van der Waals surface area (Å²) in [5, 5.41) is 21.2. The average molecular weight is 386 g/mol. The molecule has 9 heteroatoms. The maximum atomic E-state index is 14.1. The second kappa shape index (κ2) is 7.16. The minimum atomic E-state index is -2.87. The van der Waals surface area contributed by atoms with Crippen molar-refractivity contribution in [1.29, 1.82) is 0 Å². The normalized spacial score (nSPS) is 18.8. The smallest absolute Gasteiger partial charge is 0.280 e. The largest absolute Gasteiger partial charge is 0.507 e. The molecule has 28 heavy (non-hydrogen) atoms. The molecule has 0 saturated carbocycles. The van der Waals surface area contributed by atoms with Crippen molar-refractivity contribution in [3.8, 4) is 22.7 Å². The van der Waals surface area contributed by atoms with E-state index in [1.165, 1.54) is 11.1 Å². The Labute approximate surface area is 160 Å². The number of alkyl halides is 2. The Morgan fingerprint density at radius 3 is 2.68 bits per heavy atom. The number of anilines is 1. The Hall–Kier alpha value is -3.07. The van der Waals surface area contributed by atoms with Gasteiger partial charge in [0.15, 0.2) is 0 Å². The molecule has 7 nitrogen and oxygen atoms in total. The van der Waals surface area contributed by atoms with E-state index in [9.17, 15) is 13.9 Å². The zero-order valence-electron chi connectivity index (χ0n) is 15.3. The van der Waals surface area contributed by atoms with Crippen molar-refractivity contribution in [2.45, 2.75) is 18.4 Å². The second-order valence-corrected chi connectivity index (χ2v) is 6.79. The predicted molar refractivity (Wildman–Crippen MR) is 101 cm³/mol. The zero-order chi connectivity index (χ0) is 19.7. The van der Waals surface area contributed by atoms with Crippen LogP contribution in [0.3, 0.4) is 0 Å². The van der Waals surface area contributed by atoms with Crippen LogP contribution < -0.4 is 10.2 Å². The summed E-state index contributed by atoms with van der Waals surface area (Å²) in [7, 11) is 1.55. The Balaban J connectivity index is 1.56. The molecule has 0 amide bonds. The third-order valence-electron chi connectivity index (χ3n) is 4.94. The van der Waals surface area contributed by atoms with Crippen LogP contribution in [0.4, 0.5) is 14.7 Å². The van der Waals surface area contributed by atoms with Crippen LogP contribution in [0.15, 0.2) is 48.9 Å². The molecule has 0 spiro atoms. The number of halogens is 2. The lowest BCUT2D eigenvalue weighted by molar-refractivity contribution is -0.0404. The molecule has 1 saturated heterocycles. The summed E-state index contributed by atoms with van der Waals surface area (Å²) in [4.78, 5) is 5.56. The molecule has 1 aromatic carbocycles. The van der Waals surface area contributed by atoms with Crippen molar-refractivity contribution in [2.75, 3.05) is 25.0 Å². The molecule has 0 unspecified atom stereocenters. The second-order valence-electron chi connectivity index (χ2n) is 6.79. The molecule has 0 aliphatic carbocycles. The molecular weight excluding hydrogens is 366 g/mol. The molecule has 1 atom stereocenters. The number of hydrogen-bond donors (Lipinski definition) is 2. The first kappa shape index (κ1) is 18.3. The molecule has 2 aromatic heterocycles. The van der Waals surface area contributed by atoms with Crippen LogP contribution in [-0.2, 0) is 0 Å². The molecule has 2 N–H and O–H groups in total. The standard InChI is InChI=1S/C19H20F2N6O/c1-26(17-6-7-22-12-19(17,20)21)18-23-11-15(24-25-18)14-5-4-13(10-16(14)28)27-8-2-3-9-27/h2-5,8-11,17,22,28H,6-7,12H2,1H3/t17-/m1/s1. The van der Waals surface area contributed by atoms with Gasteiger partial charge in [-0.15, -0.1) is 10.2 Å². The van der Waals surface area contributed by atoms with Gasteiger partial charge in [0.05, 0.1) is 18.8 Å². The van der Waals surface area contributed by atoms with Gasteiger partial charge in [-0.25, -0.2) is 13.8 Å². The summed E-state index contributed by atoms with van der Waals surface area (Å²) in [6.07, 6.45) is 5.46. The highest BCUT2D eigenvalue weighted by Crippen LogP contribution is 2.31. The first-order valence-electron chi connectivity index (χ1n) is 8.93. The maximum absolute atomic E-state index is 14.1. The molecule has 1 aliphatic rings. The third kappa shape index (κ3) is 3.40. The van der Waals surface area contributed by atoms with Crippen molar-refractivity contribution in [1.82, 2.24) is 25.1 Å². The van der Waals surface area contributed by atoms with Crippen LogP contribution >= 0.6 is 0 Å². The van der Waals surface area contributed by atoms with E-state index in [1.807, 2.05) is 35.2 Å². The number of rotatable bonds is 4. The lowest BCUT2D eigenvalue weighted by atomic mass is 10.0. The maximum Gasteiger partial charge on any atom is 0.280 e. The van der Waals surface area contributed by atoms with Gasteiger partial charge >= 0.3 is 0 Å². The van der Waals surface area contributed by atoms with Gasteiger partial charge < -0.3 is 19.9 Å². The van der Waals surface area contributed by atoms with E-state index in [2.05, 4.69) is 20.5 Å². The summed E-state index contributed by atoms with van der Waals surface area (Å²) in [6, 6.07) is 7.97. The fourth-order valence-corrected chi connectivity index (χ4v) is 3.40. The summed E-state index contributed by atoms with van der Waals surface area (Å²) in [5.74, 6) is -2.71. The van der Waals surface area contributed by atoms with Gasteiger partial charge in [0.25, 0.3) is 5.92 Å². The number of benzene rings is 1. The molecule has 4 rings (SSSR count). The van der Waals surface area contributed by atoms with Crippen molar-refractivity contribution in [3.05, 3.63) is 48.9 Å². The Kier molecular flexibility index (Phi) is 4.68. The Bertz CT molecular complexity index is 946. The Morgan fingerprint density at radius 2 is 2.04 bits per heavy atom. The van der Waals surface area contributed by atoms with Crippen molar-refractivity contribution in [2.24, 2.45) is 0 Å². The van der Waals surface area contributed by atoms with E-state index in [0.717, 1.165) is 5.69 Å². The molecule has 0 bridgehead atoms. The highest BCUT2D eigenvalue weighted by atomic mass is 19.3. The molecule has 1 fully saturated rings. The van der Waals surface area contributed by atoms with Crippen LogP contribution in [0.1, 0.15) is 6.42 Å². The van der Waals surface area contributed by atoms with Crippen LogP contribution in [0.25, 0.3) is 16.9 Å². The number of aromatic nitrogens is 4. The predicted octanol–water partition coefficient (Wildman–Crippen LogP) is 2.47. The number of hydrogen-bond acceptors (Lipinski definition) is 6. The molecule has 1 aliphatic heterocycles. The molecule has 0 radical (unpaired) electrons. The van der Waals surface area contributed by atoms with Gasteiger partial charge in [0.2, 0.25) is 5.95 Å².